The lowest BCUT2D eigenvalue weighted by atomic mass is 10.1. The molecule has 1 atom stereocenters. The van der Waals surface area contributed by atoms with Gasteiger partial charge >= 0.3 is 0 Å². The van der Waals surface area contributed by atoms with E-state index in [1.807, 2.05) is 6.07 Å². The van der Waals surface area contributed by atoms with E-state index >= 15 is 0 Å². The first-order valence-corrected chi connectivity index (χ1v) is 7.32. The van der Waals surface area contributed by atoms with E-state index in [4.69, 9.17) is 0 Å². The van der Waals surface area contributed by atoms with Crippen LogP contribution in [0.25, 0.3) is 0 Å². The lowest BCUT2D eigenvalue weighted by Crippen LogP contribution is -2.33. The SMILES string of the molecule is CCN(CC)C(CNc1cc(=O)[nH]cn1)c1ccccc1. The van der Waals surface area contributed by atoms with Crippen LogP contribution in [0.3, 0.4) is 0 Å². The number of nitrogens with zero attached hydrogens (tertiary/aromatic N) is 2. The van der Waals surface area contributed by atoms with Crippen molar-refractivity contribution in [3.05, 3.63) is 58.6 Å². The van der Waals surface area contributed by atoms with Crippen molar-refractivity contribution in [2.24, 2.45) is 0 Å². The first-order chi connectivity index (χ1) is 10.2. The van der Waals surface area contributed by atoms with Crippen LogP contribution in [0.1, 0.15) is 25.5 Å². The second kappa shape index (κ2) is 7.59. The van der Waals surface area contributed by atoms with Crippen LogP contribution in [0.4, 0.5) is 5.82 Å². The molecule has 0 radical (unpaired) electrons. The summed E-state index contributed by atoms with van der Waals surface area (Å²) in [6, 6.07) is 12.1. The van der Waals surface area contributed by atoms with Gasteiger partial charge in [-0.2, -0.15) is 0 Å². The second-order valence-electron chi connectivity index (χ2n) is 4.82. The van der Waals surface area contributed by atoms with Crippen molar-refractivity contribution in [1.29, 1.82) is 0 Å². The molecule has 5 heteroatoms. The van der Waals surface area contributed by atoms with Gasteiger partial charge in [-0.15, -0.1) is 0 Å². The maximum absolute atomic E-state index is 11.3. The largest absolute Gasteiger partial charge is 0.368 e. The molecule has 0 spiro atoms. The monoisotopic (exact) mass is 286 g/mol. The van der Waals surface area contributed by atoms with Crippen LogP contribution in [0, 0.1) is 0 Å². The minimum Gasteiger partial charge on any atom is -0.368 e. The molecule has 0 aliphatic carbocycles. The number of aromatic amines is 1. The van der Waals surface area contributed by atoms with Crippen molar-refractivity contribution in [3.8, 4) is 0 Å². The zero-order chi connectivity index (χ0) is 15.1. The molecule has 1 aromatic carbocycles. The minimum atomic E-state index is -0.147. The number of aromatic nitrogens is 2. The number of H-pyrrole nitrogens is 1. The predicted molar refractivity (Wildman–Crippen MR) is 85.5 cm³/mol. The van der Waals surface area contributed by atoms with Crippen molar-refractivity contribution < 1.29 is 0 Å². The van der Waals surface area contributed by atoms with E-state index < -0.39 is 0 Å². The molecule has 0 saturated carbocycles. The summed E-state index contributed by atoms with van der Waals surface area (Å²) in [4.78, 5) is 20.3. The second-order valence-corrected chi connectivity index (χ2v) is 4.82. The van der Waals surface area contributed by atoms with E-state index in [1.165, 1.54) is 18.0 Å². The molecule has 0 aliphatic heterocycles. The molecule has 2 rings (SSSR count). The van der Waals surface area contributed by atoms with Crippen LogP contribution in [0.2, 0.25) is 0 Å². The minimum absolute atomic E-state index is 0.147. The molecule has 0 saturated heterocycles. The van der Waals surface area contributed by atoms with Crippen molar-refractivity contribution in [1.82, 2.24) is 14.9 Å². The first-order valence-electron chi connectivity index (χ1n) is 7.32. The number of nitrogens with one attached hydrogen (secondary N) is 2. The molecule has 112 valence electrons. The van der Waals surface area contributed by atoms with Crippen molar-refractivity contribution >= 4 is 5.82 Å². The zero-order valence-corrected chi connectivity index (χ0v) is 12.5. The highest BCUT2D eigenvalue weighted by Gasteiger charge is 2.17. The number of hydrogen-bond acceptors (Lipinski definition) is 4. The summed E-state index contributed by atoms with van der Waals surface area (Å²) in [5, 5.41) is 3.26. The predicted octanol–water partition coefficient (Wildman–Crippen LogP) is 2.26. The third-order valence-corrected chi connectivity index (χ3v) is 3.59. The Kier molecular flexibility index (Phi) is 5.51. The molecule has 1 heterocycles. The van der Waals surface area contributed by atoms with Crippen LogP contribution < -0.4 is 10.9 Å². The van der Waals surface area contributed by atoms with Crippen LogP contribution in [-0.4, -0.2) is 34.5 Å². The van der Waals surface area contributed by atoms with Gasteiger partial charge in [-0.1, -0.05) is 44.2 Å². The van der Waals surface area contributed by atoms with Gasteiger partial charge in [0.25, 0.3) is 5.56 Å². The van der Waals surface area contributed by atoms with Gasteiger partial charge in [0, 0.05) is 12.6 Å². The van der Waals surface area contributed by atoms with Gasteiger partial charge in [0.15, 0.2) is 0 Å². The van der Waals surface area contributed by atoms with Gasteiger partial charge in [0.2, 0.25) is 0 Å². The Bertz CT molecular complexity index is 592. The fraction of sp³-hybridized carbons (Fsp3) is 0.375. The van der Waals surface area contributed by atoms with Gasteiger partial charge in [0.1, 0.15) is 5.82 Å². The Morgan fingerprint density at radius 3 is 2.57 bits per heavy atom. The van der Waals surface area contributed by atoms with Crippen LogP contribution in [-0.2, 0) is 0 Å². The van der Waals surface area contributed by atoms with Crippen molar-refractivity contribution in [2.45, 2.75) is 19.9 Å². The number of benzene rings is 1. The Morgan fingerprint density at radius 1 is 1.24 bits per heavy atom. The Labute approximate surface area is 125 Å². The normalized spacial score (nSPS) is 12.3. The smallest absolute Gasteiger partial charge is 0.252 e. The number of hydrogen-bond donors (Lipinski definition) is 2. The summed E-state index contributed by atoms with van der Waals surface area (Å²) < 4.78 is 0. The fourth-order valence-corrected chi connectivity index (χ4v) is 2.46. The molecule has 1 unspecified atom stereocenters. The highest BCUT2D eigenvalue weighted by molar-refractivity contribution is 5.33. The summed E-state index contributed by atoms with van der Waals surface area (Å²) in [7, 11) is 0. The molecule has 0 bridgehead atoms. The van der Waals surface area contributed by atoms with Crippen molar-refractivity contribution in [3.63, 3.8) is 0 Å². The van der Waals surface area contributed by atoms with E-state index in [2.05, 4.69) is 58.3 Å². The van der Waals surface area contributed by atoms with Crippen molar-refractivity contribution in [2.75, 3.05) is 25.0 Å². The van der Waals surface area contributed by atoms with Crippen LogP contribution in [0.15, 0.2) is 47.5 Å². The fourth-order valence-electron chi connectivity index (χ4n) is 2.46. The molecule has 1 aromatic heterocycles. The Hall–Kier alpha value is -2.14. The van der Waals surface area contributed by atoms with Gasteiger partial charge in [-0.3, -0.25) is 9.69 Å². The molecule has 0 aliphatic rings. The molecule has 2 N–H and O–H groups in total. The molecular formula is C16H22N4O. The summed E-state index contributed by atoms with van der Waals surface area (Å²) in [6.45, 7) is 6.97. The zero-order valence-electron chi connectivity index (χ0n) is 12.5. The molecule has 21 heavy (non-hydrogen) atoms. The molecular weight excluding hydrogens is 264 g/mol. The Balaban J connectivity index is 2.14. The molecule has 5 nitrogen and oxygen atoms in total. The van der Waals surface area contributed by atoms with E-state index in [1.54, 1.807) is 0 Å². The van der Waals surface area contributed by atoms with Crippen LogP contribution >= 0.6 is 0 Å². The van der Waals surface area contributed by atoms with E-state index in [0.717, 1.165) is 13.1 Å². The van der Waals surface area contributed by atoms with Gasteiger partial charge in [-0.05, 0) is 18.7 Å². The van der Waals surface area contributed by atoms with E-state index in [0.29, 0.717) is 12.4 Å². The van der Waals surface area contributed by atoms with Gasteiger partial charge in [-0.25, -0.2) is 4.98 Å². The van der Waals surface area contributed by atoms with E-state index in [9.17, 15) is 4.79 Å². The van der Waals surface area contributed by atoms with Gasteiger partial charge < -0.3 is 10.3 Å². The maximum Gasteiger partial charge on any atom is 0.252 e. The number of anilines is 1. The average Bonchev–Trinajstić information content (AvgIpc) is 2.52. The summed E-state index contributed by atoms with van der Waals surface area (Å²) in [6.07, 6.45) is 1.42. The van der Waals surface area contributed by atoms with Gasteiger partial charge in [0.05, 0.1) is 12.4 Å². The standard InChI is InChI=1S/C16H22N4O/c1-3-20(4-2)14(13-8-6-5-7-9-13)11-17-15-10-16(21)19-12-18-15/h5-10,12,14H,3-4,11H2,1-2H3,(H2,17,18,19,21). The quantitative estimate of drug-likeness (QED) is 0.819. The summed E-state index contributed by atoms with van der Waals surface area (Å²) in [5.41, 5.74) is 1.12. The van der Waals surface area contributed by atoms with Crippen LogP contribution in [0.5, 0.6) is 0 Å². The Morgan fingerprint density at radius 2 is 1.95 bits per heavy atom. The molecule has 0 fully saturated rings. The topological polar surface area (TPSA) is 61.0 Å². The lowest BCUT2D eigenvalue weighted by Gasteiger charge is -2.30. The first kappa shape index (κ1) is 15.3. The lowest BCUT2D eigenvalue weighted by molar-refractivity contribution is 0.228. The summed E-state index contributed by atoms with van der Waals surface area (Å²) in [5.74, 6) is 0.604. The highest BCUT2D eigenvalue weighted by atomic mass is 16.1. The van der Waals surface area contributed by atoms with E-state index in [-0.39, 0.29) is 11.6 Å². The third kappa shape index (κ3) is 4.16. The molecule has 2 aromatic rings. The average molecular weight is 286 g/mol. The maximum atomic E-state index is 11.3. The number of rotatable bonds is 7. The molecule has 0 amide bonds. The third-order valence-electron chi connectivity index (χ3n) is 3.59. The summed E-state index contributed by atoms with van der Waals surface area (Å²) >= 11 is 0. The number of likely N-dealkylation sites (N-methyl/N-ethyl adjacent to an activating group) is 1. The highest BCUT2D eigenvalue weighted by Crippen LogP contribution is 2.20.